The zero-order valence-corrected chi connectivity index (χ0v) is 10.0. The van der Waals surface area contributed by atoms with E-state index >= 15 is 0 Å². The zero-order chi connectivity index (χ0) is 12.5. The first-order valence-electron chi connectivity index (χ1n) is 5.42. The molecule has 1 aromatic carbocycles. The molecule has 0 radical (unpaired) electrons. The van der Waals surface area contributed by atoms with Gasteiger partial charge < -0.3 is 10.1 Å². The predicted molar refractivity (Wildman–Crippen MR) is 67.7 cm³/mol. The van der Waals surface area contributed by atoms with Gasteiger partial charge in [-0.25, -0.2) is 4.98 Å². The second-order valence-corrected chi connectivity index (χ2v) is 4.33. The SMILES string of the molecule is O=C1Nc2ncccc2OC1c1ccc(Cl)cc1. The first kappa shape index (κ1) is 11.0. The van der Waals surface area contributed by atoms with Crippen LogP contribution in [-0.2, 0) is 4.79 Å². The molecule has 0 fully saturated rings. The Balaban J connectivity index is 1.95. The first-order valence-corrected chi connectivity index (χ1v) is 5.80. The van der Waals surface area contributed by atoms with Gasteiger partial charge in [0.05, 0.1) is 0 Å². The smallest absolute Gasteiger partial charge is 0.271 e. The molecule has 18 heavy (non-hydrogen) atoms. The highest BCUT2D eigenvalue weighted by molar-refractivity contribution is 6.30. The molecular formula is C13H9ClN2O2. The molecule has 5 heteroatoms. The van der Waals surface area contributed by atoms with Gasteiger partial charge in [-0.2, -0.15) is 0 Å². The molecule has 0 spiro atoms. The van der Waals surface area contributed by atoms with Crippen LogP contribution >= 0.6 is 11.6 Å². The summed E-state index contributed by atoms with van der Waals surface area (Å²) in [5.74, 6) is 0.785. The Morgan fingerprint density at radius 1 is 1.22 bits per heavy atom. The van der Waals surface area contributed by atoms with Crippen molar-refractivity contribution in [2.24, 2.45) is 0 Å². The fraction of sp³-hybridized carbons (Fsp3) is 0.0769. The number of amides is 1. The average Bonchev–Trinajstić information content (AvgIpc) is 2.39. The summed E-state index contributed by atoms with van der Waals surface area (Å²) in [5.41, 5.74) is 0.756. The monoisotopic (exact) mass is 260 g/mol. The molecule has 1 N–H and O–H groups in total. The Kier molecular flexibility index (Phi) is 2.64. The fourth-order valence-corrected chi connectivity index (χ4v) is 1.93. The summed E-state index contributed by atoms with van der Waals surface area (Å²) in [7, 11) is 0. The van der Waals surface area contributed by atoms with Crippen LogP contribution in [-0.4, -0.2) is 10.9 Å². The zero-order valence-electron chi connectivity index (χ0n) is 9.26. The lowest BCUT2D eigenvalue weighted by molar-refractivity contribution is -0.123. The normalized spacial score (nSPS) is 17.6. The Bertz CT molecular complexity index is 598. The van der Waals surface area contributed by atoms with E-state index in [-0.39, 0.29) is 5.91 Å². The van der Waals surface area contributed by atoms with E-state index in [1.165, 1.54) is 0 Å². The second-order valence-electron chi connectivity index (χ2n) is 3.89. The number of carbonyl (C=O) groups excluding carboxylic acids is 1. The van der Waals surface area contributed by atoms with Gasteiger partial charge in [0.1, 0.15) is 0 Å². The summed E-state index contributed by atoms with van der Waals surface area (Å²) < 4.78 is 5.65. The molecular weight excluding hydrogens is 252 g/mol. The Hall–Kier alpha value is -2.07. The van der Waals surface area contributed by atoms with Gasteiger partial charge in [-0.15, -0.1) is 0 Å². The molecule has 1 aliphatic rings. The number of pyridine rings is 1. The third-order valence-corrected chi connectivity index (χ3v) is 2.92. The van der Waals surface area contributed by atoms with Gasteiger partial charge >= 0.3 is 0 Å². The number of fused-ring (bicyclic) bond motifs is 1. The molecule has 1 amide bonds. The van der Waals surface area contributed by atoms with E-state index in [0.717, 1.165) is 5.56 Å². The van der Waals surface area contributed by atoms with Crippen LogP contribution in [0.4, 0.5) is 5.82 Å². The summed E-state index contributed by atoms with van der Waals surface area (Å²) in [5, 5.41) is 3.34. The summed E-state index contributed by atoms with van der Waals surface area (Å²) in [6.45, 7) is 0. The van der Waals surface area contributed by atoms with Crippen molar-refractivity contribution in [3.05, 3.63) is 53.2 Å². The van der Waals surface area contributed by atoms with E-state index in [1.54, 1.807) is 42.6 Å². The van der Waals surface area contributed by atoms with Crippen LogP contribution in [0.2, 0.25) is 5.02 Å². The number of anilines is 1. The Morgan fingerprint density at radius 2 is 2.00 bits per heavy atom. The number of halogens is 1. The number of benzene rings is 1. The minimum Gasteiger partial charge on any atom is -0.472 e. The molecule has 90 valence electrons. The highest BCUT2D eigenvalue weighted by Gasteiger charge is 2.29. The van der Waals surface area contributed by atoms with E-state index in [4.69, 9.17) is 16.3 Å². The molecule has 0 bridgehead atoms. The van der Waals surface area contributed by atoms with Gasteiger partial charge in [0.25, 0.3) is 5.91 Å². The van der Waals surface area contributed by atoms with Crippen LogP contribution < -0.4 is 10.1 Å². The van der Waals surface area contributed by atoms with Crippen molar-refractivity contribution in [2.75, 3.05) is 5.32 Å². The standard InChI is InChI=1S/C13H9ClN2O2/c14-9-5-3-8(4-6-9)11-13(17)16-12-10(18-11)2-1-7-15-12/h1-7,11H,(H,15,16,17). The number of hydrogen-bond acceptors (Lipinski definition) is 3. The van der Waals surface area contributed by atoms with Crippen molar-refractivity contribution in [2.45, 2.75) is 6.10 Å². The molecule has 0 saturated carbocycles. The molecule has 2 heterocycles. The summed E-state index contributed by atoms with van der Waals surface area (Å²) in [6.07, 6.45) is 0.935. The van der Waals surface area contributed by atoms with Crippen molar-refractivity contribution in [1.29, 1.82) is 0 Å². The molecule has 0 saturated heterocycles. The molecule has 1 aliphatic heterocycles. The lowest BCUT2D eigenvalue weighted by Crippen LogP contribution is -2.30. The van der Waals surface area contributed by atoms with Crippen LogP contribution in [0.25, 0.3) is 0 Å². The minimum absolute atomic E-state index is 0.233. The van der Waals surface area contributed by atoms with Gasteiger partial charge in [0.15, 0.2) is 11.6 Å². The van der Waals surface area contributed by atoms with Gasteiger partial charge in [0.2, 0.25) is 6.10 Å². The summed E-state index contributed by atoms with van der Waals surface area (Å²) >= 11 is 5.82. The lowest BCUT2D eigenvalue weighted by atomic mass is 10.1. The largest absolute Gasteiger partial charge is 0.472 e. The first-order chi connectivity index (χ1) is 8.74. The van der Waals surface area contributed by atoms with Crippen LogP contribution in [0, 0.1) is 0 Å². The highest BCUT2D eigenvalue weighted by Crippen LogP contribution is 2.33. The topological polar surface area (TPSA) is 51.2 Å². The molecule has 4 nitrogen and oxygen atoms in total. The molecule has 1 aromatic heterocycles. The maximum absolute atomic E-state index is 11.9. The third kappa shape index (κ3) is 1.91. The molecule has 3 rings (SSSR count). The maximum atomic E-state index is 11.9. The number of rotatable bonds is 1. The van der Waals surface area contributed by atoms with Crippen LogP contribution in [0.15, 0.2) is 42.6 Å². The number of aromatic nitrogens is 1. The van der Waals surface area contributed by atoms with E-state index in [0.29, 0.717) is 16.6 Å². The van der Waals surface area contributed by atoms with Crippen molar-refractivity contribution in [3.63, 3.8) is 0 Å². The molecule has 1 atom stereocenters. The molecule has 1 unspecified atom stereocenters. The van der Waals surface area contributed by atoms with E-state index in [1.807, 2.05) is 0 Å². The number of ether oxygens (including phenoxy) is 1. The summed E-state index contributed by atoms with van der Waals surface area (Å²) in [4.78, 5) is 16.0. The van der Waals surface area contributed by atoms with E-state index in [9.17, 15) is 4.79 Å². The Labute approximate surface area is 109 Å². The summed E-state index contributed by atoms with van der Waals surface area (Å²) in [6, 6.07) is 10.5. The van der Waals surface area contributed by atoms with Gasteiger partial charge in [-0.1, -0.05) is 23.7 Å². The fourth-order valence-electron chi connectivity index (χ4n) is 1.80. The number of carbonyl (C=O) groups is 1. The van der Waals surface area contributed by atoms with Gasteiger partial charge in [-0.05, 0) is 24.3 Å². The predicted octanol–water partition coefficient (Wildman–Crippen LogP) is 2.81. The van der Waals surface area contributed by atoms with Crippen molar-refractivity contribution >= 4 is 23.3 Å². The average molecular weight is 261 g/mol. The minimum atomic E-state index is -0.668. The second kappa shape index (κ2) is 4.31. The Morgan fingerprint density at radius 3 is 2.78 bits per heavy atom. The van der Waals surface area contributed by atoms with Gasteiger partial charge in [0, 0.05) is 16.8 Å². The van der Waals surface area contributed by atoms with Crippen LogP contribution in [0.1, 0.15) is 11.7 Å². The van der Waals surface area contributed by atoms with Crippen LogP contribution in [0.5, 0.6) is 5.75 Å². The van der Waals surface area contributed by atoms with Crippen LogP contribution in [0.3, 0.4) is 0 Å². The number of nitrogens with zero attached hydrogens (tertiary/aromatic N) is 1. The highest BCUT2D eigenvalue weighted by atomic mass is 35.5. The quantitative estimate of drug-likeness (QED) is 0.858. The van der Waals surface area contributed by atoms with Gasteiger partial charge in [-0.3, -0.25) is 4.79 Å². The number of nitrogens with one attached hydrogen (secondary N) is 1. The van der Waals surface area contributed by atoms with E-state index in [2.05, 4.69) is 10.3 Å². The maximum Gasteiger partial charge on any atom is 0.271 e. The lowest BCUT2D eigenvalue weighted by Gasteiger charge is -2.25. The van der Waals surface area contributed by atoms with Crippen molar-refractivity contribution < 1.29 is 9.53 Å². The number of hydrogen-bond donors (Lipinski definition) is 1. The molecule has 2 aromatic rings. The van der Waals surface area contributed by atoms with E-state index < -0.39 is 6.10 Å². The third-order valence-electron chi connectivity index (χ3n) is 2.67. The van der Waals surface area contributed by atoms with Crippen molar-refractivity contribution in [1.82, 2.24) is 4.98 Å². The van der Waals surface area contributed by atoms with Crippen molar-refractivity contribution in [3.8, 4) is 5.75 Å². The molecule has 0 aliphatic carbocycles.